The number of amides is 1. The fraction of sp³-hybridized carbons (Fsp3) is 0.938. The summed E-state index contributed by atoms with van der Waals surface area (Å²) in [6.07, 6.45) is 7.10. The molecule has 3 fully saturated rings. The van der Waals surface area contributed by atoms with E-state index in [4.69, 9.17) is 4.74 Å². The van der Waals surface area contributed by atoms with Crippen LogP contribution in [0, 0.1) is 17.3 Å². The molecule has 2 aliphatic carbocycles. The molecule has 0 atom stereocenters. The third-order valence-corrected chi connectivity index (χ3v) is 5.07. The Balaban J connectivity index is 0.00000161. The lowest BCUT2D eigenvalue weighted by Crippen LogP contribution is -2.52. The van der Waals surface area contributed by atoms with Crippen molar-refractivity contribution in [1.29, 1.82) is 0 Å². The second-order valence-corrected chi connectivity index (χ2v) is 7.06. The SMILES string of the molecule is COCC1(C(=O)N(CC2CC2)CC2CC2)CCNCC1.Cl. The standard InChI is InChI=1S/C16H28N2O2.ClH/c1-20-12-16(6-8-17-9-7-16)15(19)18(10-13-2-3-13)11-14-4-5-14;/h13-14,17H,2-12H2,1H3;1H. The highest BCUT2D eigenvalue weighted by atomic mass is 35.5. The van der Waals surface area contributed by atoms with Crippen LogP contribution in [0.5, 0.6) is 0 Å². The van der Waals surface area contributed by atoms with Crippen molar-refractivity contribution in [3.63, 3.8) is 0 Å². The van der Waals surface area contributed by atoms with Crippen molar-refractivity contribution in [1.82, 2.24) is 10.2 Å². The van der Waals surface area contributed by atoms with Crippen molar-refractivity contribution in [3.05, 3.63) is 0 Å². The molecule has 5 heteroatoms. The largest absolute Gasteiger partial charge is 0.384 e. The molecular weight excluding hydrogens is 288 g/mol. The van der Waals surface area contributed by atoms with E-state index in [1.807, 2.05) is 0 Å². The maximum absolute atomic E-state index is 13.2. The van der Waals surface area contributed by atoms with E-state index in [0.717, 1.165) is 50.9 Å². The molecule has 1 aliphatic heterocycles. The van der Waals surface area contributed by atoms with Crippen molar-refractivity contribution >= 4 is 18.3 Å². The van der Waals surface area contributed by atoms with Gasteiger partial charge in [0.05, 0.1) is 12.0 Å². The van der Waals surface area contributed by atoms with E-state index in [-0.39, 0.29) is 17.8 Å². The maximum Gasteiger partial charge on any atom is 0.231 e. The van der Waals surface area contributed by atoms with Crippen molar-refractivity contribution in [2.24, 2.45) is 17.3 Å². The number of rotatable bonds is 7. The van der Waals surface area contributed by atoms with E-state index in [9.17, 15) is 4.79 Å². The van der Waals surface area contributed by atoms with Gasteiger partial charge < -0.3 is 15.0 Å². The van der Waals surface area contributed by atoms with Crippen molar-refractivity contribution < 1.29 is 9.53 Å². The van der Waals surface area contributed by atoms with Gasteiger partial charge in [-0.2, -0.15) is 0 Å². The van der Waals surface area contributed by atoms with Crippen molar-refractivity contribution in [3.8, 4) is 0 Å². The second kappa shape index (κ2) is 7.30. The molecule has 2 saturated carbocycles. The molecule has 0 unspecified atom stereocenters. The number of carbonyl (C=O) groups is 1. The average molecular weight is 317 g/mol. The van der Waals surface area contributed by atoms with E-state index in [1.54, 1.807) is 7.11 Å². The van der Waals surface area contributed by atoms with Gasteiger partial charge in [0.25, 0.3) is 0 Å². The Kier molecular flexibility index (Phi) is 5.92. The van der Waals surface area contributed by atoms with Crippen LogP contribution >= 0.6 is 12.4 Å². The van der Waals surface area contributed by atoms with Crippen LogP contribution in [0.4, 0.5) is 0 Å². The van der Waals surface area contributed by atoms with Crippen LogP contribution in [0.1, 0.15) is 38.5 Å². The van der Waals surface area contributed by atoms with Gasteiger partial charge in [-0.1, -0.05) is 0 Å². The number of ether oxygens (including phenoxy) is 1. The minimum Gasteiger partial charge on any atom is -0.384 e. The predicted octanol–water partition coefficient (Wildman–Crippen LogP) is 2.07. The third kappa shape index (κ3) is 4.33. The molecule has 4 nitrogen and oxygen atoms in total. The smallest absolute Gasteiger partial charge is 0.231 e. The molecule has 1 amide bonds. The van der Waals surface area contributed by atoms with Crippen molar-refractivity contribution in [2.75, 3.05) is 39.9 Å². The first-order valence-corrected chi connectivity index (χ1v) is 8.22. The van der Waals surface area contributed by atoms with Gasteiger partial charge in [0.15, 0.2) is 0 Å². The van der Waals surface area contributed by atoms with Gasteiger partial charge in [-0.05, 0) is 63.5 Å². The minimum atomic E-state index is -0.260. The number of nitrogens with zero attached hydrogens (tertiary/aromatic N) is 1. The molecule has 1 heterocycles. The van der Waals surface area contributed by atoms with Gasteiger partial charge in [0, 0.05) is 20.2 Å². The molecule has 0 radical (unpaired) electrons. The molecular formula is C16H29ClN2O2. The lowest BCUT2D eigenvalue weighted by atomic mass is 9.78. The zero-order chi connectivity index (χ0) is 14.0. The van der Waals surface area contributed by atoms with Gasteiger partial charge in [-0.15, -0.1) is 12.4 Å². The molecule has 1 N–H and O–H groups in total. The first-order chi connectivity index (χ1) is 9.73. The Bertz CT molecular complexity index is 331. The quantitative estimate of drug-likeness (QED) is 0.782. The fourth-order valence-electron chi connectivity index (χ4n) is 3.40. The van der Waals surface area contributed by atoms with Crippen molar-refractivity contribution in [2.45, 2.75) is 38.5 Å². The van der Waals surface area contributed by atoms with Gasteiger partial charge in [-0.3, -0.25) is 4.79 Å². The highest BCUT2D eigenvalue weighted by molar-refractivity contribution is 5.85. The number of hydrogen-bond donors (Lipinski definition) is 1. The van der Waals surface area contributed by atoms with Crippen LogP contribution in [-0.2, 0) is 9.53 Å². The zero-order valence-corrected chi connectivity index (χ0v) is 13.9. The van der Waals surface area contributed by atoms with Crippen LogP contribution in [0.3, 0.4) is 0 Å². The summed E-state index contributed by atoms with van der Waals surface area (Å²) in [4.78, 5) is 15.3. The van der Waals surface area contributed by atoms with E-state index in [2.05, 4.69) is 10.2 Å². The normalized spacial score (nSPS) is 24.2. The summed E-state index contributed by atoms with van der Waals surface area (Å²) in [6, 6.07) is 0. The van der Waals surface area contributed by atoms with Crippen LogP contribution in [-0.4, -0.2) is 50.7 Å². The van der Waals surface area contributed by atoms with Crippen LogP contribution < -0.4 is 5.32 Å². The maximum atomic E-state index is 13.2. The van der Waals surface area contributed by atoms with Crippen LogP contribution in [0.25, 0.3) is 0 Å². The molecule has 0 aromatic heterocycles. The molecule has 0 bridgehead atoms. The molecule has 122 valence electrons. The van der Waals surface area contributed by atoms with E-state index >= 15 is 0 Å². The number of piperidine rings is 1. The predicted molar refractivity (Wildman–Crippen MR) is 85.7 cm³/mol. The highest BCUT2D eigenvalue weighted by Crippen LogP contribution is 2.38. The van der Waals surface area contributed by atoms with E-state index in [1.165, 1.54) is 25.7 Å². The first kappa shape index (κ1) is 17.0. The molecule has 1 saturated heterocycles. The van der Waals surface area contributed by atoms with E-state index in [0.29, 0.717) is 12.5 Å². The monoisotopic (exact) mass is 316 g/mol. The number of carbonyl (C=O) groups excluding carboxylic acids is 1. The molecule has 0 aromatic rings. The summed E-state index contributed by atoms with van der Waals surface area (Å²) in [7, 11) is 1.73. The number of nitrogens with one attached hydrogen (secondary N) is 1. The molecule has 0 spiro atoms. The lowest BCUT2D eigenvalue weighted by molar-refractivity contribution is -0.148. The Morgan fingerprint density at radius 2 is 1.67 bits per heavy atom. The Morgan fingerprint density at radius 1 is 1.14 bits per heavy atom. The first-order valence-electron chi connectivity index (χ1n) is 8.22. The molecule has 0 aromatic carbocycles. The number of hydrogen-bond acceptors (Lipinski definition) is 3. The summed E-state index contributed by atoms with van der Waals surface area (Å²) in [5.41, 5.74) is -0.260. The molecule has 21 heavy (non-hydrogen) atoms. The summed E-state index contributed by atoms with van der Waals surface area (Å²) in [5.74, 6) is 1.93. The zero-order valence-electron chi connectivity index (χ0n) is 13.1. The van der Waals surface area contributed by atoms with Gasteiger partial charge in [0.2, 0.25) is 5.91 Å². The Hall–Kier alpha value is -0.320. The molecule has 3 rings (SSSR count). The summed E-state index contributed by atoms with van der Waals surface area (Å²) < 4.78 is 5.42. The number of methoxy groups -OCH3 is 1. The average Bonchev–Trinajstić information content (AvgIpc) is 3.34. The van der Waals surface area contributed by atoms with E-state index < -0.39 is 0 Å². The Labute approximate surface area is 134 Å². The minimum absolute atomic E-state index is 0. The Morgan fingerprint density at radius 3 is 2.10 bits per heavy atom. The highest BCUT2D eigenvalue weighted by Gasteiger charge is 2.44. The second-order valence-electron chi connectivity index (χ2n) is 7.06. The summed E-state index contributed by atoms with van der Waals surface area (Å²) in [6.45, 7) is 4.45. The number of halogens is 1. The van der Waals surface area contributed by atoms with Gasteiger partial charge in [-0.25, -0.2) is 0 Å². The lowest BCUT2D eigenvalue weighted by Gasteiger charge is -2.39. The van der Waals surface area contributed by atoms with Crippen LogP contribution in [0.15, 0.2) is 0 Å². The van der Waals surface area contributed by atoms with Gasteiger partial charge >= 0.3 is 0 Å². The topological polar surface area (TPSA) is 41.6 Å². The molecule has 3 aliphatic rings. The van der Waals surface area contributed by atoms with Gasteiger partial charge in [0.1, 0.15) is 0 Å². The third-order valence-electron chi connectivity index (χ3n) is 5.07. The van der Waals surface area contributed by atoms with Crippen LogP contribution in [0.2, 0.25) is 0 Å². The summed E-state index contributed by atoms with van der Waals surface area (Å²) >= 11 is 0. The fourth-order valence-corrected chi connectivity index (χ4v) is 3.40. The summed E-state index contributed by atoms with van der Waals surface area (Å²) in [5, 5.41) is 3.37.